The Labute approximate surface area is 156 Å². The third kappa shape index (κ3) is 7.25. The average molecular weight is 361 g/mol. The predicted octanol–water partition coefficient (Wildman–Crippen LogP) is 2.13. The molecule has 0 aromatic heterocycles. The third-order valence-electron chi connectivity index (χ3n) is 3.97. The van der Waals surface area contributed by atoms with Crippen molar-refractivity contribution in [1.82, 2.24) is 16.0 Å². The first kappa shape index (κ1) is 21.7. The van der Waals surface area contributed by atoms with Crippen LogP contribution in [0.4, 0.5) is 0 Å². The Morgan fingerprint density at radius 3 is 2.15 bits per heavy atom. The van der Waals surface area contributed by atoms with E-state index in [0.717, 1.165) is 12.0 Å². The molecule has 0 radical (unpaired) electrons. The van der Waals surface area contributed by atoms with E-state index in [1.165, 1.54) is 0 Å². The first-order valence-corrected chi connectivity index (χ1v) is 9.11. The number of hydrogen-bond acceptors (Lipinski definition) is 3. The quantitative estimate of drug-likeness (QED) is 0.663. The number of nitrogens with one attached hydrogen (secondary N) is 3. The number of carbonyl (C=O) groups excluding carboxylic acids is 3. The van der Waals surface area contributed by atoms with Gasteiger partial charge in [-0.2, -0.15) is 0 Å². The fourth-order valence-corrected chi connectivity index (χ4v) is 2.29. The Bertz CT molecular complexity index is 618. The second-order valence-electron chi connectivity index (χ2n) is 7.41. The average Bonchev–Trinajstić information content (AvgIpc) is 2.58. The molecule has 0 aliphatic rings. The molecule has 1 aromatic carbocycles. The van der Waals surface area contributed by atoms with Crippen LogP contribution >= 0.6 is 0 Å². The number of rotatable bonds is 8. The molecule has 0 spiro atoms. The van der Waals surface area contributed by atoms with Crippen LogP contribution in [-0.4, -0.2) is 36.9 Å². The summed E-state index contributed by atoms with van der Waals surface area (Å²) >= 11 is 0. The van der Waals surface area contributed by atoms with Gasteiger partial charge >= 0.3 is 0 Å². The molecule has 3 N–H and O–H groups in total. The molecule has 0 aliphatic carbocycles. The Morgan fingerprint density at radius 1 is 1.00 bits per heavy atom. The lowest BCUT2D eigenvalue weighted by Gasteiger charge is -2.19. The molecule has 0 unspecified atom stereocenters. The lowest BCUT2D eigenvalue weighted by atomic mass is 9.87. The highest BCUT2D eigenvalue weighted by Gasteiger charge is 2.16. The fraction of sp³-hybridized carbons (Fsp3) is 0.550. The van der Waals surface area contributed by atoms with Crippen molar-refractivity contribution >= 4 is 17.7 Å². The molecular weight excluding hydrogens is 330 g/mol. The van der Waals surface area contributed by atoms with Gasteiger partial charge in [0.2, 0.25) is 11.8 Å². The standard InChI is InChI=1S/C20H31N3O3/c1-6-12-21-18(25)14(2)23-17(24)11-13-22-19(26)15-7-9-16(10-8-15)20(3,4)5/h7-10,14H,6,11-13H2,1-5H3,(H,21,25)(H,22,26)(H,23,24)/t14-/m1/s1. The zero-order valence-corrected chi connectivity index (χ0v) is 16.4. The van der Waals surface area contributed by atoms with Gasteiger partial charge in [0.05, 0.1) is 0 Å². The van der Waals surface area contributed by atoms with Crippen molar-refractivity contribution in [2.24, 2.45) is 0 Å². The molecule has 0 bridgehead atoms. The van der Waals surface area contributed by atoms with E-state index in [-0.39, 0.29) is 36.1 Å². The molecule has 0 saturated heterocycles. The third-order valence-corrected chi connectivity index (χ3v) is 3.97. The topological polar surface area (TPSA) is 87.3 Å². The molecule has 3 amide bonds. The van der Waals surface area contributed by atoms with Crippen molar-refractivity contribution in [3.8, 4) is 0 Å². The molecule has 6 heteroatoms. The van der Waals surface area contributed by atoms with Crippen LogP contribution in [0.1, 0.15) is 63.4 Å². The minimum atomic E-state index is -0.588. The predicted molar refractivity (Wildman–Crippen MR) is 103 cm³/mol. The van der Waals surface area contributed by atoms with E-state index in [0.29, 0.717) is 12.1 Å². The van der Waals surface area contributed by atoms with Crippen LogP contribution in [-0.2, 0) is 15.0 Å². The summed E-state index contributed by atoms with van der Waals surface area (Å²) in [4.78, 5) is 35.7. The summed E-state index contributed by atoms with van der Waals surface area (Å²) in [7, 11) is 0. The Kier molecular flexibility index (Phi) is 8.29. The summed E-state index contributed by atoms with van der Waals surface area (Å²) in [5.74, 6) is -0.692. The Morgan fingerprint density at radius 2 is 1.62 bits per heavy atom. The van der Waals surface area contributed by atoms with Crippen molar-refractivity contribution in [2.45, 2.75) is 58.9 Å². The maximum atomic E-state index is 12.1. The summed E-state index contributed by atoms with van der Waals surface area (Å²) in [5, 5.41) is 8.07. The number of benzene rings is 1. The van der Waals surface area contributed by atoms with Crippen LogP contribution in [0, 0.1) is 0 Å². The molecule has 0 aliphatic heterocycles. The highest BCUT2D eigenvalue weighted by molar-refractivity contribution is 5.94. The lowest BCUT2D eigenvalue weighted by Crippen LogP contribution is -2.45. The summed E-state index contributed by atoms with van der Waals surface area (Å²) < 4.78 is 0. The largest absolute Gasteiger partial charge is 0.354 e. The molecule has 26 heavy (non-hydrogen) atoms. The number of amides is 3. The van der Waals surface area contributed by atoms with E-state index in [1.54, 1.807) is 19.1 Å². The SMILES string of the molecule is CCCNC(=O)[C@@H](C)NC(=O)CCNC(=O)c1ccc(C(C)(C)C)cc1. The van der Waals surface area contributed by atoms with Gasteiger partial charge in [0.1, 0.15) is 6.04 Å². The van der Waals surface area contributed by atoms with Crippen LogP contribution in [0.2, 0.25) is 0 Å². The van der Waals surface area contributed by atoms with Crippen LogP contribution in [0.3, 0.4) is 0 Å². The second-order valence-corrected chi connectivity index (χ2v) is 7.41. The second kappa shape index (κ2) is 9.94. The fourth-order valence-electron chi connectivity index (χ4n) is 2.29. The zero-order chi connectivity index (χ0) is 19.7. The van der Waals surface area contributed by atoms with Gasteiger partial charge in [-0.15, -0.1) is 0 Å². The number of hydrogen-bond donors (Lipinski definition) is 3. The molecule has 6 nitrogen and oxygen atoms in total. The lowest BCUT2D eigenvalue weighted by molar-refractivity contribution is -0.128. The van der Waals surface area contributed by atoms with Crippen LogP contribution in [0.5, 0.6) is 0 Å². The monoisotopic (exact) mass is 361 g/mol. The molecule has 1 aromatic rings. The van der Waals surface area contributed by atoms with Crippen LogP contribution < -0.4 is 16.0 Å². The summed E-state index contributed by atoms with van der Waals surface area (Å²) in [6, 6.07) is 6.87. The molecule has 0 fully saturated rings. The van der Waals surface area contributed by atoms with E-state index in [1.807, 2.05) is 19.1 Å². The highest BCUT2D eigenvalue weighted by Crippen LogP contribution is 2.22. The summed E-state index contributed by atoms with van der Waals surface area (Å²) in [5.41, 5.74) is 1.75. The van der Waals surface area contributed by atoms with E-state index in [9.17, 15) is 14.4 Å². The molecule has 0 saturated carbocycles. The maximum Gasteiger partial charge on any atom is 0.251 e. The van der Waals surface area contributed by atoms with Gasteiger partial charge in [0, 0.05) is 25.1 Å². The Hall–Kier alpha value is -2.37. The Balaban J connectivity index is 2.39. The summed E-state index contributed by atoms with van der Waals surface area (Å²) in [6.07, 6.45) is 0.965. The number of carbonyl (C=O) groups is 3. The van der Waals surface area contributed by atoms with E-state index in [4.69, 9.17) is 0 Å². The first-order valence-electron chi connectivity index (χ1n) is 9.11. The van der Waals surface area contributed by atoms with E-state index < -0.39 is 6.04 Å². The molecule has 1 rings (SSSR count). The van der Waals surface area contributed by atoms with Crippen molar-refractivity contribution in [3.63, 3.8) is 0 Å². The van der Waals surface area contributed by atoms with Crippen LogP contribution in [0.15, 0.2) is 24.3 Å². The van der Waals surface area contributed by atoms with Gasteiger partial charge in [0.25, 0.3) is 5.91 Å². The van der Waals surface area contributed by atoms with E-state index in [2.05, 4.69) is 36.7 Å². The molecule has 144 valence electrons. The maximum absolute atomic E-state index is 12.1. The van der Waals surface area contributed by atoms with Gasteiger partial charge in [-0.3, -0.25) is 14.4 Å². The van der Waals surface area contributed by atoms with Gasteiger partial charge in [-0.05, 0) is 36.5 Å². The van der Waals surface area contributed by atoms with Crippen molar-refractivity contribution < 1.29 is 14.4 Å². The molecular formula is C20H31N3O3. The summed E-state index contributed by atoms with van der Waals surface area (Å²) in [6.45, 7) is 10.7. The van der Waals surface area contributed by atoms with E-state index >= 15 is 0 Å². The zero-order valence-electron chi connectivity index (χ0n) is 16.4. The molecule has 0 heterocycles. The minimum Gasteiger partial charge on any atom is -0.354 e. The first-order chi connectivity index (χ1) is 12.1. The van der Waals surface area contributed by atoms with Crippen molar-refractivity contribution in [3.05, 3.63) is 35.4 Å². The van der Waals surface area contributed by atoms with Gasteiger partial charge in [-0.1, -0.05) is 39.8 Å². The van der Waals surface area contributed by atoms with Gasteiger partial charge in [0.15, 0.2) is 0 Å². The van der Waals surface area contributed by atoms with Crippen molar-refractivity contribution in [1.29, 1.82) is 0 Å². The molecule has 1 atom stereocenters. The van der Waals surface area contributed by atoms with Crippen LogP contribution in [0.25, 0.3) is 0 Å². The van der Waals surface area contributed by atoms with Crippen molar-refractivity contribution in [2.75, 3.05) is 13.1 Å². The van der Waals surface area contributed by atoms with Gasteiger partial charge in [-0.25, -0.2) is 0 Å². The smallest absolute Gasteiger partial charge is 0.251 e. The van der Waals surface area contributed by atoms with Gasteiger partial charge < -0.3 is 16.0 Å². The normalized spacial score (nSPS) is 12.2. The minimum absolute atomic E-state index is 0.0349. The highest BCUT2D eigenvalue weighted by atomic mass is 16.2.